The fraction of sp³-hybridized carbons (Fsp3) is 0. The Morgan fingerprint density at radius 2 is 0.336 bits per heavy atom. The third kappa shape index (κ3) is 11.9. The van der Waals surface area contributed by atoms with E-state index >= 15 is 0 Å². The summed E-state index contributed by atoms with van der Waals surface area (Å²) in [5.74, 6) is 0. The normalized spacial score (nSPS) is 11.6. The summed E-state index contributed by atoms with van der Waals surface area (Å²) in [6, 6.07) is 158. The quantitative estimate of drug-likeness (QED) is 0.107. The van der Waals surface area contributed by atoms with E-state index in [9.17, 15) is 0 Å². The minimum atomic E-state index is 0.590. The lowest BCUT2D eigenvalue weighted by atomic mass is 9.87. The van der Waals surface area contributed by atoms with E-state index in [1.807, 2.05) is 0 Å². The maximum atomic E-state index is 7.81. The first-order valence-electron chi connectivity index (χ1n) is 38.8. The third-order valence-electron chi connectivity index (χ3n) is 23.1. The Hall–Kier alpha value is -14.4. The van der Waals surface area contributed by atoms with Crippen LogP contribution in [-0.2, 0) is 0 Å². The van der Waals surface area contributed by atoms with Crippen molar-refractivity contribution in [1.82, 2.24) is 0 Å². The van der Waals surface area contributed by atoms with Crippen LogP contribution in [0, 0.1) is 0 Å². The predicted octanol–water partition coefficient (Wildman–Crippen LogP) is 31.8. The van der Waals surface area contributed by atoms with Gasteiger partial charge in [0.1, 0.15) is 0 Å². The van der Waals surface area contributed by atoms with Gasteiger partial charge in [-0.25, -0.2) is 0 Å². The molecule has 528 valence electrons. The first-order chi connectivity index (χ1) is 56.0. The minimum absolute atomic E-state index is 0.590. The van der Waals surface area contributed by atoms with E-state index in [4.69, 9.17) is 11.6 Å². The second kappa shape index (κ2) is 28.2. The van der Waals surface area contributed by atoms with Crippen LogP contribution in [0.15, 0.2) is 431 Å². The highest BCUT2D eigenvalue weighted by Gasteiger charge is 2.25. The Bertz CT molecular complexity index is 6440. The summed E-state index contributed by atoms with van der Waals surface area (Å²) < 4.78 is 0. The molecule has 21 rings (SSSR count). The number of anilines is 6. The van der Waals surface area contributed by atoms with Crippen LogP contribution < -0.4 is 9.80 Å². The van der Waals surface area contributed by atoms with Crippen molar-refractivity contribution in [2.75, 3.05) is 9.80 Å². The van der Waals surface area contributed by atoms with Crippen molar-refractivity contribution in [1.29, 1.82) is 0 Å². The lowest BCUT2D eigenvalue weighted by molar-refractivity contribution is 1.25. The first kappa shape index (κ1) is 66.8. The molecule has 3 heteroatoms. The highest BCUT2D eigenvalue weighted by Crippen LogP contribution is 2.50. The fourth-order valence-electron chi connectivity index (χ4n) is 17.9. The maximum absolute atomic E-state index is 7.81. The topological polar surface area (TPSA) is 6.48 Å². The summed E-state index contributed by atoms with van der Waals surface area (Å²) in [5.41, 5.74) is 24.4. The zero-order valence-corrected chi connectivity index (χ0v) is 62.5. The molecule has 0 heterocycles. The van der Waals surface area contributed by atoms with Crippen molar-refractivity contribution in [3.63, 3.8) is 0 Å². The number of hydrogen-bond donors (Lipinski definition) is 0. The Balaban J connectivity index is 0.745. The molecule has 0 bridgehead atoms. The molecule has 0 amide bonds. The number of hydrogen-bond acceptors (Lipinski definition) is 2. The predicted molar refractivity (Wildman–Crippen MR) is 484 cm³/mol. The number of fused-ring (bicyclic) bond motifs is 8. The molecule has 0 aliphatic carbocycles. The van der Waals surface area contributed by atoms with Crippen molar-refractivity contribution in [2.24, 2.45) is 0 Å². The molecule has 0 radical (unpaired) electrons. The van der Waals surface area contributed by atoms with E-state index in [1.165, 1.54) is 131 Å². The molecule has 21 aromatic rings. The molecule has 0 fully saturated rings. The largest absolute Gasteiger partial charge is 0.310 e. The molecule has 0 N–H and O–H groups in total. The molecule has 0 atom stereocenters. The van der Waals surface area contributed by atoms with E-state index in [2.05, 4.69) is 441 Å². The molecule has 0 aliphatic rings. The van der Waals surface area contributed by atoms with E-state index in [0.29, 0.717) is 5.02 Å². The first-order valence-corrected chi connectivity index (χ1v) is 39.2. The van der Waals surface area contributed by atoms with Gasteiger partial charge in [-0.1, -0.05) is 376 Å². The van der Waals surface area contributed by atoms with E-state index in [-0.39, 0.29) is 0 Å². The summed E-state index contributed by atoms with van der Waals surface area (Å²) in [5, 5.41) is 19.9. The molecule has 113 heavy (non-hydrogen) atoms. The van der Waals surface area contributed by atoms with Gasteiger partial charge in [-0.05, 0) is 242 Å². The summed E-state index contributed by atoms with van der Waals surface area (Å²) in [6.45, 7) is 0. The average Bonchev–Trinajstić information content (AvgIpc) is 0.763. The summed E-state index contributed by atoms with van der Waals surface area (Å²) in [7, 11) is 0. The van der Waals surface area contributed by atoms with Gasteiger partial charge in [0, 0.05) is 39.1 Å². The van der Waals surface area contributed by atoms with Crippen LogP contribution >= 0.6 is 11.6 Å². The van der Waals surface area contributed by atoms with Crippen LogP contribution in [0.2, 0.25) is 5.02 Å². The zero-order chi connectivity index (χ0) is 74.9. The monoisotopic (exact) mass is 1450 g/mol. The Morgan fingerprint density at radius 3 is 0.566 bits per heavy atom. The van der Waals surface area contributed by atoms with Crippen molar-refractivity contribution in [3.8, 4) is 89.0 Å². The lowest BCUT2D eigenvalue weighted by Gasteiger charge is -2.30. The molecule has 0 unspecified atom stereocenters. The Morgan fingerprint density at radius 1 is 0.142 bits per heavy atom. The Kier molecular flexibility index (Phi) is 16.7. The van der Waals surface area contributed by atoms with Crippen molar-refractivity contribution >= 4 is 132 Å². The van der Waals surface area contributed by atoms with E-state index in [0.717, 1.165) is 78.6 Å². The molecule has 21 aromatic carbocycles. The van der Waals surface area contributed by atoms with Crippen LogP contribution in [0.1, 0.15) is 0 Å². The lowest BCUT2D eigenvalue weighted by Crippen LogP contribution is -2.13. The molecule has 0 saturated heterocycles. The van der Waals surface area contributed by atoms with Gasteiger partial charge in [-0.2, -0.15) is 0 Å². The van der Waals surface area contributed by atoms with Gasteiger partial charge in [0.05, 0.1) is 0 Å². The van der Waals surface area contributed by atoms with Crippen LogP contribution in [-0.4, -0.2) is 0 Å². The third-order valence-corrected chi connectivity index (χ3v) is 23.3. The minimum Gasteiger partial charge on any atom is -0.310 e. The second-order valence-corrected chi connectivity index (χ2v) is 29.9. The number of benzene rings is 21. The average molecular weight is 1460 g/mol. The summed E-state index contributed by atoms with van der Waals surface area (Å²) >= 11 is 7.81. The second-order valence-electron chi connectivity index (χ2n) is 29.5. The fourth-order valence-corrected chi connectivity index (χ4v) is 18.1. The number of rotatable bonds is 14. The zero-order valence-electron chi connectivity index (χ0n) is 61.8. The highest BCUT2D eigenvalue weighted by atomic mass is 35.5. The van der Waals surface area contributed by atoms with Crippen LogP contribution in [0.4, 0.5) is 34.1 Å². The smallest absolute Gasteiger partial charge is 0.0497 e. The van der Waals surface area contributed by atoms with Crippen molar-refractivity contribution < 1.29 is 0 Å². The molecule has 0 spiro atoms. The number of nitrogens with zero attached hydrogens (tertiary/aromatic N) is 2. The van der Waals surface area contributed by atoms with Gasteiger partial charge >= 0.3 is 0 Å². The van der Waals surface area contributed by atoms with Crippen LogP contribution in [0.25, 0.3) is 175 Å². The maximum Gasteiger partial charge on any atom is 0.0497 e. The number of halogens is 1. The van der Waals surface area contributed by atoms with Crippen molar-refractivity contribution in [2.45, 2.75) is 0 Å². The van der Waals surface area contributed by atoms with Gasteiger partial charge < -0.3 is 9.80 Å². The summed E-state index contributed by atoms with van der Waals surface area (Å²) in [4.78, 5) is 4.74. The molecule has 0 aromatic heterocycles. The van der Waals surface area contributed by atoms with Gasteiger partial charge in [0.25, 0.3) is 0 Å². The van der Waals surface area contributed by atoms with Crippen LogP contribution in [0.3, 0.4) is 0 Å². The molecular formula is C110H71ClN2. The molecule has 0 aliphatic heterocycles. The molecule has 2 nitrogen and oxygen atoms in total. The standard InChI is InChI=1S/C110H71ClN2/c111-84-69-89(112(85-57-45-80(46-58-85)99-65-53-76-25-5-13-37-95(76)107(99)103-41-17-29-72-21-1-9-33-91(72)103)86-59-47-81(48-60-86)100-66-54-77-26-6-14-38-96(77)108(100)104-42-18-30-73-22-2-10-34-92(73)104)71-90(70-84)113(87-61-49-82(50-62-87)101-67-55-78-27-7-15-39-97(78)109(101)105-43-19-31-74-23-3-11-35-93(74)105)88-63-51-83(52-64-88)102-68-56-79-28-8-16-40-98(79)110(102)106-44-20-32-75-24-4-12-36-94(75)106/h1-71H. The van der Waals surface area contributed by atoms with Crippen molar-refractivity contribution in [3.05, 3.63) is 436 Å². The van der Waals surface area contributed by atoms with E-state index < -0.39 is 0 Å². The van der Waals surface area contributed by atoms with E-state index in [1.54, 1.807) is 0 Å². The molecule has 0 saturated carbocycles. The highest BCUT2D eigenvalue weighted by molar-refractivity contribution is 6.31. The van der Waals surface area contributed by atoms with Gasteiger partial charge in [-0.3, -0.25) is 0 Å². The summed E-state index contributed by atoms with van der Waals surface area (Å²) in [6.07, 6.45) is 0. The van der Waals surface area contributed by atoms with Gasteiger partial charge in [0.2, 0.25) is 0 Å². The Labute approximate surface area is 661 Å². The van der Waals surface area contributed by atoms with Gasteiger partial charge in [-0.15, -0.1) is 0 Å². The van der Waals surface area contributed by atoms with Crippen LogP contribution in [0.5, 0.6) is 0 Å². The molecular weight excluding hydrogens is 1380 g/mol. The van der Waals surface area contributed by atoms with Gasteiger partial charge in [0.15, 0.2) is 0 Å². The SMILES string of the molecule is Clc1cc(N(c2ccc(-c3ccc4ccccc4c3-c3cccc4ccccc34)cc2)c2ccc(-c3ccc4ccccc4c3-c3cccc4ccccc34)cc2)cc(N(c2ccc(-c3ccc4ccccc4c3-c3cccc4ccccc34)cc2)c2ccc(-c3ccc4ccccc4c3-c3cccc4ccccc34)cc2)c1.